The highest BCUT2D eigenvalue weighted by molar-refractivity contribution is 6.05. The molecule has 2 saturated heterocycles. The quantitative estimate of drug-likeness (QED) is 0.734. The van der Waals surface area contributed by atoms with Crippen LogP contribution in [0.2, 0.25) is 0 Å². The van der Waals surface area contributed by atoms with E-state index in [0.717, 1.165) is 29.6 Å². The summed E-state index contributed by atoms with van der Waals surface area (Å²) in [6.45, 7) is 2.85. The molecule has 0 radical (unpaired) electrons. The summed E-state index contributed by atoms with van der Waals surface area (Å²) in [6.07, 6.45) is 7.19. The summed E-state index contributed by atoms with van der Waals surface area (Å²) >= 11 is 0. The molecule has 1 N–H and O–H groups in total. The molecule has 3 heterocycles. The topological polar surface area (TPSA) is 79.0 Å². The first kappa shape index (κ1) is 19.3. The van der Waals surface area contributed by atoms with Crippen LogP contribution < -0.4 is 10.1 Å². The fourth-order valence-corrected chi connectivity index (χ4v) is 5.95. The van der Waals surface area contributed by atoms with Crippen molar-refractivity contribution in [1.82, 2.24) is 15.1 Å². The van der Waals surface area contributed by atoms with E-state index < -0.39 is 6.04 Å². The van der Waals surface area contributed by atoms with Crippen molar-refractivity contribution >= 4 is 17.7 Å². The molecule has 5 aliphatic rings. The van der Waals surface area contributed by atoms with Gasteiger partial charge in [-0.3, -0.25) is 24.6 Å². The molecule has 2 saturated carbocycles. The standard InChI is InChI=1S/C24H29N3O4/c28-22-9-8-20(23(29)25-22)27-13-15-10-17(6-7-18(15)24(27)30)31-21-3-1-2-19(21)26-11-16(12-26)14-4-5-14/h6-7,10,14,16,19-21H,1-5,8-9,11-13H2,(H,25,28,29)/t19-,20?,21+/m1/s1. The van der Waals surface area contributed by atoms with Gasteiger partial charge < -0.3 is 9.64 Å². The highest BCUT2D eigenvalue weighted by atomic mass is 16.5. The fraction of sp³-hybridized carbons (Fsp3) is 0.625. The zero-order valence-electron chi connectivity index (χ0n) is 17.7. The van der Waals surface area contributed by atoms with Gasteiger partial charge in [0.2, 0.25) is 11.8 Å². The summed E-state index contributed by atoms with van der Waals surface area (Å²) in [7, 11) is 0. The van der Waals surface area contributed by atoms with Crippen molar-refractivity contribution in [2.45, 2.75) is 69.7 Å². The van der Waals surface area contributed by atoms with Crippen molar-refractivity contribution in [3.63, 3.8) is 0 Å². The average Bonchev–Trinajstić information content (AvgIpc) is 3.36. The van der Waals surface area contributed by atoms with E-state index in [9.17, 15) is 14.4 Å². The highest BCUT2D eigenvalue weighted by Gasteiger charge is 2.45. The Kier molecular flexibility index (Phi) is 4.56. The number of ether oxygens (including phenoxy) is 1. The van der Waals surface area contributed by atoms with Gasteiger partial charge in [-0.25, -0.2) is 0 Å². The molecule has 0 bridgehead atoms. The van der Waals surface area contributed by atoms with Gasteiger partial charge >= 0.3 is 0 Å². The first-order valence-corrected chi connectivity index (χ1v) is 11.7. The summed E-state index contributed by atoms with van der Waals surface area (Å²) in [5, 5.41) is 2.35. The Balaban J connectivity index is 1.12. The van der Waals surface area contributed by atoms with Gasteiger partial charge in [0, 0.05) is 37.7 Å². The van der Waals surface area contributed by atoms with E-state index in [-0.39, 0.29) is 30.2 Å². The second kappa shape index (κ2) is 7.33. The predicted octanol–water partition coefficient (Wildman–Crippen LogP) is 2.09. The number of hydrogen-bond donors (Lipinski definition) is 1. The highest BCUT2D eigenvalue weighted by Crippen LogP contribution is 2.44. The third-order valence-electron chi connectivity index (χ3n) is 7.90. The molecular weight excluding hydrogens is 394 g/mol. The summed E-state index contributed by atoms with van der Waals surface area (Å²) in [6, 6.07) is 5.62. The van der Waals surface area contributed by atoms with Gasteiger partial charge in [0.1, 0.15) is 17.9 Å². The number of carbonyl (C=O) groups is 3. The van der Waals surface area contributed by atoms with Crippen LogP contribution in [0.5, 0.6) is 5.75 Å². The van der Waals surface area contributed by atoms with Crippen molar-refractivity contribution in [3.8, 4) is 5.75 Å². The van der Waals surface area contributed by atoms with Crippen LogP contribution in [0.3, 0.4) is 0 Å². The molecule has 1 aromatic carbocycles. The van der Waals surface area contributed by atoms with Crippen LogP contribution in [-0.2, 0) is 16.1 Å². The summed E-state index contributed by atoms with van der Waals surface area (Å²) < 4.78 is 6.44. The molecule has 3 amide bonds. The van der Waals surface area contributed by atoms with E-state index in [1.165, 1.54) is 38.8 Å². The lowest BCUT2D eigenvalue weighted by Crippen LogP contribution is -2.56. The number of nitrogens with one attached hydrogen (secondary N) is 1. The van der Waals surface area contributed by atoms with Crippen LogP contribution in [0.15, 0.2) is 18.2 Å². The van der Waals surface area contributed by atoms with E-state index >= 15 is 0 Å². The van der Waals surface area contributed by atoms with Gasteiger partial charge in [-0.2, -0.15) is 0 Å². The number of hydrogen-bond acceptors (Lipinski definition) is 5. The van der Waals surface area contributed by atoms with E-state index in [2.05, 4.69) is 10.2 Å². The third-order valence-corrected chi connectivity index (χ3v) is 7.90. The average molecular weight is 424 g/mol. The lowest BCUT2D eigenvalue weighted by atomic mass is 9.92. The zero-order chi connectivity index (χ0) is 21.1. The second-order valence-electron chi connectivity index (χ2n) is 9.92. The largest absolute Gasteiger partial charge is 0.489 e. The Hall–Kier alpha value is -2.41. The third kappa shape index (κ3) is 3.43. The van der Waals surface area contributed by atoms with Crippen LogP contribution in [0.4, 0.5) is 0 Å². The lowest BCUT2D eigenvalue weighted by molar-refractivity contribution is -0.136. The normalized spacial score (nSPS) is 31.5. The minimum atomic E-state index is -0.577. The maximum Gasteiger partial charge on any atom is 0.255 e. The molecule has 0 spiro atoms. The molecular formula is C24H29N3O4. The Bertz CT molecular complexity index is 937. The minimum Gasteiger partial charge on any atom is -0.489 e. The molecule has 0 aromatic heterocycles. The monoisotopic (exact) mass is 423 g/mol. The van der Waals surface area contributed by atoms with Crippen LogP contribution in [-0.4, -0.2) is 58.8 Å². The maximum atomic E-state index is 12.9. The van der Waals surface area contributed by atoms with Gasteiger partial charge in [-0.15, -0.1) is 0 Å². The number of amides is 3. The Morgan fingerprint density at radius 2 is 1.81 bits per heavy atom. The number of piperidine rings is 1. The molecule has 7 nitrogen and oxygen atoms in total. The number of carbonyl (C=O) groups excluding carboxylic acids is 3. The van der Waals surface area contributed by atoms with E-state index in [0.29, 0.717) is 24.6 Å². The Labute approximate surface area is 182 Å². The molecule has 1 aromatic rings. The molecule has 164 valence electrons. The van der Waals surface area contributed by atoms with Crippen LogP contribution in [0, 0.1) is 11.8 Å². The summed E-state index contributed by atoms with van der Waals surface area (Å²) in [5.74, 6) is 1.93. The van der Waals surface area contributed by atoms with Crippen molar-refractivity contribution in [1.29, 1.82) is 0 Å². The van der Waals surface area contributed by atoms with E-state index in [4.69, 9.17) is 4.74 Å². The molecule has 31 heavy (non-hydrogen) atoms. The molecule has 7 heteroatoms. The van der Waals surface area contributed by atoms with Gasteiger partial charge in [0.25, 0.3) is 5.91 Å². The number of benzene rings is 1. The summed E-state index contributed by atoms with van der Waals surface area (Å²) in [4.78, 5) is 40.7. The number of nitrogens with zero attached hydrogens (tertiary/aromatic N) is 2. The van der Waals surface area contributed by atoms with Crippen molar-refractivity contribution in [3.05, 3.63) is 29.3 Å². The number of fused-ring (bicyclic) bond motifs is 1. The number of rotatable bonds is 5. The maximum absolute atomic E-state index is 12.9. The van der Waals surface area contributed by atoms with Crippen LogP contribution in [0.25, 0.3) is 0 Å². The number of imide groups is 1. The van der Waals surface area contributed by atoms with Crippen molar-refractivity contribution in [2.24, 2.45) is 11.8 Å². The van der Waals surface area contributed by atoms with Gasteiger partial charge in [-0.1, -0.05) is 0 Å². The first-order chi connectivity index (χ1) is 15.1. The van der Waals surface area contributed by atoms with E-state index in [1.807, 2.05) is 18.2 Å². The lowest BCUT2D eigenvalue weighted by Gasteiger charge is -2.45. The molecule has 1 unspecified atom stereocenters. The summed E-state index contributed by atoms with van der Waals surface area (Å²) in [5.41, 5.74) is 1.54. The van der Waals surface area contributed by atoms with Gasteiger partial charge in [0.05, 0.1) is 0 Å². The van der Waals surface area contributed by atoms with Crippen LogP contribution in [0.1, 0.15) is 60.9 Å². The minimum absolute atomic E-state index is 0.138. The Morgan fingerprint density at radius 1 is 0.968 bits per heavy atom. The van der Waals surface area contributed by atoms with E-state index in [1.54, 1.807) is 4.90 Å². The molecule has 2 aliphatic carbocycles. The van der Waals surface area contributed by atoms with Crippen molar-refractivity contribution in [2.75, 3.05) is 13.1 Å². The van der Waals surface area contributed by atoms with Crippen LogP contribution >= 0.6 is 0 Å². The first-order valence-electron chi connectivity index (χ1n) is 11.7. The van der Waals surface area contributed by atoms with Gasteiger partial charge in [0.15, 0.2) is 0 Å². The molecule has 3 aliphatic heterocycles. The molecule has 4 fully saturated rings. The SMILES string of the molecule is O=C1CCC(N2Cc3cc(O[C@H]4CCC[C@H]4N4CC(C5CC5)C4)ccc3C2=O)C(=O)N1. The predicted molar refractivity (Wildman–Crippen MR) is 112 cm³/mol. The number of likely N-dealkylation sites (tertiary alicyclic amines) is 1. The fourth-order valence-electron chi connectivity index (χ4n) is 5.95. The second-order valence-corrected chi connectivity index (χ2v) is 9.92. The van der Waals surface area contributed by atoms with Crippen molar-refractivity contribution < 1.29 is 19.1 Å². The molecule has 3 atom stereocenters. The van der Waals surface area contributed by atoms with Gasteiger partial charge in [-0.05, 0) is 74.1 Å². The Morgan fingerprint density at radius 3 is 2.58 bits per heavy atom. The smallest absolute Gasteiger partial charge is 0.255 e. The molecule has 6 rings (SSSR count). The zero-order valence-corrected chi connectivity index (χ0v) is 17.7.